The van der Waals surface area contributed by atoms with E-state index < -0.39 is 39.3 Å². The van der Waals surface area contributed by atoms with Gasteiger partial charge in [0.05, 0.1) is 21.7 Å². The summed E-state index contributed by atoms with van der Waals surface area (Å²) in [5.74, 6) is -1.92. The van der Waals surface area contributed by atoms with Crippen molar-refractivity contribution >= 4 is 55.0 Å². The highest BCUT2D eigenvalue weighted by molar-refractivity contribution is 7.92. The number of thiazole rings is 1. The molecule has 2 N–H and O–H groups in total. The lowest BCUT2D eigenvalue weighted by Crippen LogP contribution is -2.41. The van der Waals surface area contributed by atoms with E-state index in [0.717, 1.165) is 24.2 Å². The van der Waals surface area contributed by atoms with E-state index in [1.165, 1.54) is 30.7 Å². The lowest BCUT2D eigenvalue weighted by atomic mass is 10.0. The topological polar surface area (TPSA) is 143 Å². The fraction of sp³-hybridized carbons (Fsp3) is 0.161. The van der Waals surface area contributed by atoms with Gasteiger partial charge < -0.3 is 10.6 Å². The van der Waals surface area contributed by atoms with Gasteiger partial charge in [-0.2, -0.15) is 0 Å². The van der Waals surface area contributed by atoms with Crippen LogP contribution in [0.1, 0.15) is 28.7 Å². The minimum Gasteiger partial charge on any atom is -0.352 e. The molecule has 2 aliphatic rings. The second-order valence-corrected chi connectivity index (χ2v) is 13.2. The second kappa shape index (κ2) is 12.4. The van der Waals surface area contributed by atoms with Crippen LogP contribution in [-0.4, -0.2) is 54.0 Å². The maximum atomic E-state index is 15.3. The standard InChI is InChI=1S/C31H25FN6O4S2/c32-25-13-26-27(12-24(25)20-5-2-1-3-10-33-14-20)43-31(38-26)29(30(40)36-17-28(39)37-22-8-9-22)44(41,42)23-7-4-6-19(11-23)21-15-34-18-35-16-21/h1-7,10-16,18,22,29H,8-9,17H2,(H,36,40)(H,37,39)/b2-1?,3-1+,5-2?,10-3?,20-5?,20-14?,33-10?,33-14?. The number of allylic oxidation sites excluding steroid dienone is 5. The third-order valence-corrected chi connectivity index (χ3v) is 10.1. The summed E-state index contributed by atoms with van der Waals surface area (Å²) in [4.78, 5) is 42.3. The van der Waals surface area contributed by atoms with Crippen LogP contribution >= 0.6 is 11.3 Å². The van der Waals surface area contributed by atoms with E-state index in [-0.39, 0.29) is 27.0 Å². The molecule has 3 heterocycles. The molecule has 1 aliphatic carbocycles. The molecule has 10 nitrogen and oxygen atoms in total. The Kier molecular flexibility index (Phi) is 8.22. The Morgan fingerprint density at radius 1 is 1.05 bits per heavy atom. The number of fused-ring (bicyclic) bond motifs is 1. The second-order valence-electron chi connectivity index (χ2n) is 10.1. The molecule has 0 bridgehead atoms. The first-order valence-corrected chi connectivity index (χ1v) is 16.0. The van der Waals surface area contributed by atoms with Gasteiger partial charge in [0.2, 0.25) is 11.8 Å². The van der Waals surface area contributed by atoms with Crippen LogP contribution < -0.4 is 10.6 Å². The normalized spacial score (nSPS) is 16.1. The minimum absolute atomic E-state index is 0.0618. The number of hydrogen-bond donors (Lipinski definition) is 2. The van der Waals surface area contributed by atoms with E-state index in [2.05, 4.69) is 30.6 Å². The van der Waals surface area contributed by atoms with Crippen LogP contribution in [0.5, 0.6) is 0 Å². The molecule has 1 unspecified atom stereocenters. The number of benzene rings is 2. The van der Waals surface area contributed by atoms with Crippen molar-refractivity contribution in [1.29, 1.82) is 0 Å². The number of halogens is 1. The Bertz CT molecular complexity index is 1980. The van der Waals surface area contributed by atoms with E-state index in [9.17, 15) is 18.0 Å². The summed E-state index contributed by atoms with van der Waals surface area (Å²) < 4.78 is 44.1. The highest BCUT2D eigenvalue weighted by Gasteiger charge is 2.39. The number of carbonyl (C=O) groups is 2. The van der Waals surface area contributed by atoms with Gasteiger partial charge in [-0.3, -0.25) is 14.6 Å². The van der Waals surface area contributed by atoms with Crippen LogP contribution in [-0.2, 0) is 19.4 Å². The maximum absolute atomic E-state index is 15.3. The molecule has 222 valence electrons. The van der Waals surface area contributed by atoms with Crippen LogP contribution in [0, 0.1) is 5.82 Å². The van der Waals surface area contributed by atoms with Gasteiger partial charge in [-0.05, 0) is 42.7 Å². The number of carbonyl (C=O) groups excluding carboxylic acids is 2. The van der Waals surface area contributed by atoms with Crippen molar-refractivity contribution in [1.82, 2.24) is 25.6 Å². The van der Waals surface area contributed by atoms with Crippen LogP contribution in [0.2, 0.25) is 0 Å². The van der Waals surface area contributed by atoms with Crippen molar-refractivity contribution in [2.45, 2.75) is 29.0 Å². The number of nitrogens with one attached hydrogen (secondary N) is 2. The molecule has 0 radical (unpaired) electrons. The van der Waals surface area contributed by atoms with E-state index in [0.29, 0.717) is 21.4 Å². The highest BCUT2D eigenvalue weighted by atomic mass is 32.2. The van der Waals surface area contributed by atoms with E-state index >= 15 is 4.39 Å². The average Bonchev–Trinajstić information content (AvgIpc) is 3.73. The molecule has 4 aromatic rings. The number of rotatable bonds is 9. The SMILES string of the molecule is O=C(CNC(=O)C(c1nc2cc(F)c(C3=CN=C/C=C/C=C3)cc2s1)S(=O)(=O)c1cccc(-c2cncnc2)c1)NC1CC1. The molecule has 0 spiro atoms. The van der Waals surface area contributed by atoms with Crippen molar-refractivity contribution < 1.29 is 22.4 Å². The van der Waals surface area contributed by atoms with Gasteiger partial charge >= 0.3 is 0 Å². The van der Waals surface area contributed by atoms with Crippen molar-refractivity contribution in [2.24, 2.45) is 4.99 Å². The Labute approximate surface area is 256 Å². The maximum Gasteiger partial charge on any atom is 0.246 e. The smallest absolute Gasteiger partial charge is 0.246 e. The van der Waals surface area contributed by atoms with Gasteiger partial charge in [-0.25, -0.2) is 27.8 Å². The van der Waals surface area contributed by atoms with Gasteiger partial charge in [-0.15, -0.1) is 11.3 Å². The fourth-order valence-corrected chi connectivity index (χ4v) is 7.55. The predicted molar refractivity (Wildman–Crippen MR) is 166 cm³/mol. The summed E-state index contributed by atoms with van der Waals surface area (Å²) >= 11 is 0.965. The Balaban J connectivity index is 1.40. The van der Waals surface area contributed by atoms with E-state index in [4.69, 9.17) is 0 Å². The Hall–Kier alpha value is -4.88. The average molecular weight is 629 g/mol. The number of sulfone groups is 1. The summed E-state index contributed by atoms with van der Waals surface area (Å²) in [5.41, 5.74) is 2.06. The molecule has 2 amide bonds. The van der Waals surface area contributed by atoms with Crippen LogP contribution in [0.15, 0.2) is 95.5 Å². The third kappa shape index (κ3) is 6.38. The summed E-state index contributed by atoms with van der Waals surface area (Å²) in [6, 6.07) is 8.91. The molecule has 2 aromatic carbocycles. The van der Waals surface area contributed by atoms with Crippen molar-refractivity contribution in [3.63, 3.8) is 0 Å². The van der Waals surface area contributed by atoms with E-state index in [1.54, 1.807) is 61.1 Å². The molecule has 2 aromatic heterocycles. The van der Waals surface area contributed by atoms with Gasteiger partial charge in [0, 0.05) is 53.6 Å². The summed E-state index contributed by atoms with van der Waals surface area (Å²) in [6.45, 7) is -0.401. The van der Waals surface area contributed by atoms with Gasteiger partial charge in [0.25, 0.3) is 0 Å². The van der Waals surface area contributed by atoms with E-state index in [1.807, 2.05) is 0 Å². The van der Waals surface area contributed by atoms with Crippen LogP contribution in [0.25, 0.3) is 26.9 Å². The number of nitrogens with zero attached hydrogens (tertiary/aromatic N) is 4. The zero-order valence-corrected chi connectivity index (χ0v) is 24.7. The largest absolute Gasteiger partial charge is 0.352 e. The molecule has 13 heteroatoms. The Morgan fingerprint density at radius 3 is 2.66 bits per heavy atom. The van der Waals surface area contributed by atoms with Crippen molar-refractivity contribution in [3.8, 4) is 11.1 Å². The summed E-state index contributed by atoms with van der Waals surface area (Å²) in [6.07, 6.45) is 16.2. The van der Waals surface area contributed by atoms with Crippen molar-refractivity contribution in [3.05, 3.63) is 102 Å². The number of aromatic nitrogens is 3. The summed E-state index contributed by atoms with van der Waals surface area (Å²) in [7, 11) is -4.42. The molecular formula is C31H25FN6O4S2. The van der Waals surface area contributed by atoms with Gasteiger partial charge in [0.15, 0.2) is 15.1 Å². The molecule has 1 aliphatic heterocycles. The quantitative estimate of drug-likeness (QED) is 0.281. The molecule has 0 saturated heterocycles. The number of aliphatic imine (C=N–C) groups is 1. The highest BCUT2D eigenvalue weighted by Crippen LogP contribution is 2.37. The predicted octanol–water partition coefficient (Wildman–Crippen LogP) is 4.34. The molecular weight excluding hydrogens is 604 g/mol. The Morgan fingerprint density at radius 2 is 1.86 bits per heavy atom. The zero-order chi connectivity index (χ0) is 30.7. The minimum atomic E-state index is -4.42. The monoisotopic (exact) mass is 628 g/mol. The first-order valence-electron chi connectivity index (χ1n) is 13.6. The first kappa shape index (κ1) is 29.2. The fourth-order valence-electron chi connectivity index (χ4n) is 4.54. The number of hydrogen-bond acceptors (Lipinski definition) is 9. The lowest BCUT2D eigenvalue weighted by Gasteiger charge is -2.16. The first-order chi connectivity index (χ1) is 21.3. The molecule has 44 heavy (non-hydrogen) atoms. The number of amides is 2. The molecule has 6 rings (SSSR count). The van der Waals surface area contributed by atoms with Crippen LogP contribution in [0.4, 0.5) is 4.39 Å². The lowest BCUT2D eigenvalue weighted by molar-refractivity contribution is -0.126. The summed E-state index contributed by atoms with van der Waals surface area (Å²) in [5, 5.41) is 3.36. The van der Waals surface area contributed by atoms with Crippen molar-refractivity contribution in [2.75, 3.05) is 6.54 Å². The molecule has 1 saturated carbocycles. The molecule has 1 fully saturated rings. The molecule has 1 atom stereocenters. The van der Waals surface area contributed by atoms with Gasteiger partial charge in [0.1, 0.15) is 17.2 Å². The third-order valence-electron chi connectivity index (χ3n) is 6.88. The zero-order valence-electron chi connectivity index (χ0n) is 23.1. The van der Waals surface area contributed by atoms with Gasteiger partial charge in [-0.1, -0.05) is 30.4 Å². The van der Waals surface area contributed by atoms with Crippen LogP contribution in [0.3, 0.4) is 0 Å².